The van der Waals surface area contributed by atoms with E-state index in [1.165, 1.54) is 0 Å². The van der Waals surface area contributed by atoms with Crippen LogP contribution in [0.4, 0.5) is 5.69 Å². The topological polar surface area (TPSA) is 41.6 Å². The van der Waals surface area contributed by atoms with Crippen molar-refractivity contribution in [2.45, 2.75) is 6.04 Å². The van der Waals surface area contributed by atoms with Gasteiger partial charge in [-0.3, -0.25) is 4.99 Å². The Bertz CT molecular complexity index is 698. The van der Waals surface area contributed by atoms with Crippen molar-refractivity contribution >= 4 is 46.4 Å². The van der Waals surface area contributed by atoms with Gasteiger partial charge in [0, 0.05) is 10.7 Å². The molecule has 0 saturated carbocycles. The largest absolute Gasteiger partial charge is 0.369 e. The van der Waals surface area contributed by atoms with Crippen LogP contribution in [0.15, 0.2) is 47.5 Å². The van der Waals surface area contributed by atoms with E-state index in [0.29, 0.717) is 27.6 Å². The molecule has 0 spiro atoms. The maximum atomic E-state index is 6.33. The summed E-state index contributed by atoms with van der Waals surface area (Å²) >= 11 is 18.4. The van der Waals surface area contributed by atoms with Crippen molar-refractivity contribution in [2.75, 3.05) is 11.4 Å². The second-order valence-corrected chi connectivity index (χ2v) is 5.93. The number of hydrogen-bond acceptors (Lipinski definition) is 3. The summed E-state index contributed by atoms with van der Waals surface area (Å²) in [5.41, 5.74) is 7.85. The zero-order valence-electron chi connectivity index (χ0n) is 10.9. The summed E-state index contributed by atoms with van der Waals surface area (Å²) in [4.78, 5) is 6.27. The van der Waals surface area contributed by atoms with Gasteiger partial charge < -0.3 is 10.6 Å². The minimum Gasteiger partial charge on any atom is -0.369 e. The van der Waals surface area contributed by atoms with E-state index in [2.05, 4.69) is 4.99 Å². The molecule has 3 rings (SSSR count). The van der Waals surface area contributed by atoms with Gasteiger partial charge in [-0.2, -0.15) is 0 Å². The fourth-order valence-corrected chi connectivity index (χ4v) is 2.99. The molecule has 1 aliphatic heterocycles. The van der Waals surface area contributed by atoms with E-state index in [1.54, 1.807) is 6.07 Å². The zero-order chi connectivity index (χ0) is 15.0. The number of benzene rings is 2. The van der Waals surface area contributed by atoms with Crippen molar-refractivity contribution in [2.24, 2.45) is 10.7 Å². The first-order valence-electron chi connectivity index (χ1n) is 6.36. The normalized spacial score (nSPS) is 18.0. The summed E-state index contributed by atoms with van der Waals surface area (Å²) < 4.78 is 0. The molecule has 0 saturated heterocycles. The van der Waals surface area contributed by atoms with Crippen LogP contribution in [0.2, 0.25) is 15.1 Å². The minimum absolute atomic E-state index is 0.0719. The lowest BCUT2D eigenvalue weighted by molar-refractivity contribution is 0.769. The Balaban J connectivity index is 2.03. The number of anilines is 1. The van der Waals surface area contributed by atoms with Gasteiger partial charge in [0.25, 0.3) is 0 Å². The highest BCUT2D eigenvalue weighted by Crippen LogP contribution is 2.37. The van der Waals surface area contributed by atoms with Crippen molar-refractivity contribution in [3.63, 3.8) is 0 Å². The molecule has 0 fully saturated rings. The predicted molar refractivity (Wildman–Crippen MR) is 89.6 cm³/mol. The summed E-state index contributed by atoms with van der Waals surface area (Å²) in [5.74, 6) is 0.457. The van der Waals surface area contributed by atoms with Gasteiger partial charge >= 0.3 is 0 Å². The van der Waals surface area contributed by atoms with Gasteiger partial charge in [-0.25, -0.2) is 0 Å². The van der Waals surface area contributed by atoms with Gasteiger partial charge in [-0.1, -0.05) is 46.9 Å². The number of halogens is 3. The average Bonchev–Trinajstić information content (AvgIpc) is 2.85. The summed E-state index contributed by atoms with van der Waals surface area (Å²) in [6.45, 7) is 0.536. The quantitative estimate of drug-likeness (QED) is 0.873. The lowest BCUT2D eigenvalue weighted by Gasteiger charge is -2.27. The summed E-state index contributed by atoms with van der Waals surface area (Å²) in [6, 6.07) is 13.0. The smallest absolute Gasteiger partial charge is 0.196 e. The third kappa shape index (κ3) is 2.69. The Kier molecular flexibility index (Phi) is 3.98. The number of nitrogens with zero attached hydrogens (tertiary/aromatic N) is 2. The number of rotatable bonds is 2. The fourth-order valence-electron chi connectivity index (χ4n) is 2.43. The van der Waals surface area contributed by atoms with Crippen LogP contribution in [0, 0.1) is 0 Å². The average molecular weight is 341 g/mol. The van der Waals surface area contributed by atoms with E-state index in [9.17, 15) is 0 Å². The molecule has 2 aromatic rings. The van der Waals surface area contributed by atoms with Crippen molar-refractivity contribution in [1.82, 2.24) is 0 Å². The third-order valence-electron chi connectivity index (χ3n) is 3.43. The van der Waals surface area contributed by atoms with E-state index < -0.39 is 0 Å². The SMILES string of the molecule is NC1=NCC(c2cccc(Cl)c2Cl)N1c1ccc(Cl)cc1. The van der Waals surface area contributed by atoms with Crippen LogP contribution in [-0.2, 0) is 0 Å². The monoisotopic (exact) mass is 339 g/mol. The number of guanidine groups is 1. The minimum atomic E-state index is -0.0719. The van der Waals surface area contributed by atoms with Crippen LogP contribution in [0.3, 0.4) is 0 Å². The molecule has 108 valence electrons. The molecule has 2 N–H and O–H groups in total. The van der Waals surface area contributed by atoms with Gasteiger partial charge in [0.15, 0.2) is 5.96 Å². The molecule has 1 unspecified atom stereocenters. The molecule has 0 bridgehead atoms. The third-order valence-corrected chi connectivity index (χ3v) is 4.52. The molecule has 1 atom stereocenters. The van der Waals surface area contributed by atoms with E-state index in [1.807, 2.05) is 41.3 Å². The Labute approximate surface area is 137 Å². The fraction of sp³-hybridized carbons (Fsp3) is 0.133. The van der Waals surface area contributed by atoms with Crippen molar-refractivity contribution < 1.29 is 0 Å². The second kappa shape index (κ2) is 5.76. The van der Waals surface area contributed by atoms with Gasteiger partial charge in [0.05, 0.1) is 22.6 Å². The zero-order valence-corrected chi connectivity index (χ0v) is 13.2. The number of nitrogens with two attached hydrogens (primary N) is 1. The molecule has 21 heavy (non-hydrogen) atoms. The van der Waals surface area contributed by atoms with Gasteiger partial charge in [-0.05, 0) is 35.9 Å². The van der Waals surface area contributed by atoms with Crippen LogP contribution in [0.1, 0.15) is 11.6 Å². The highest BCUT2D eigenvalue weighted by Gasteiger charge is 2.30. The Hall–Kier alpha value is -1.42. The molecule has 0 aliphatic carbocycles. The van der Waals surface area contributed by atoms with E-state index >= 15 is 0 Å². The molecule has 0 radical (unpaired) electrons. The standard InChI is InChI=1S/C15H12Cl3N3/c16-9-4-6-10(7-5-9)21-13(8-20-15(21)19)11-2-1-3-12(17)14(11)18/h1-7,13H,8H2,(H2,19,20). The van der Waals surface area contributed by atoms with Crippen molar-refractivity contribution in [1.29, 1.82) is 0 Å². The molecular weight excluding hydrogens is 329 g/mol. The van der Waals surface area contributed by atoms with E-state index in [4.69, 9.17) is 40.5 Å². The molecule has 1 heterocycles. The maximum absolute atomic E-state index is 6.33. The summed E-state index contributed by atoms with van der Waals surface area (Å²) in [7, 11) is 0. The first-order valence-corrected chi connectivity index (χ1v) is 7.50. The van der Waals surface area contributed by atoms with Crippen LogP contribution < -0.4 is 10.6 Å². The lowest BCUT2D eigenvalue weighted by Crippen LogP contribution is -2.36. The van der Waals surface area contributed by atoms with E-state index in [0.717, 1.165) is 11.3 Å². The Morgan fingerprint density at radius 2 is 1.76 bits per heavy atom. The molecule has 1 aliphatic rings. The van der Waals surface area contributed by atoms with Gasteiger partial charge in [0.2, 0.25) is 0 Å². The van der Waals surface area contributed by atoms with Crippen LogP contribution in [0.25, 0.3) is 0 Å². The molecule has 3 nitrogen and oxygen atoms in total. The van der Waals surface area contributed by atoms with Crippen LogP contribution in [0.5, 0.6) is 0 Å². The van der Waals surface area contributed by atoms with Crippen molar-refractivity contribution in [3.05, 3.63) is 63.1 Å². The Morgan fingerprint density at radius 1 is 1.05 bits per heavy atom. The predicted octanol–water partition coefficient (Wildman–Crippen LogP) is 4.52. The summed E-state index contributed by atoms with van der Waals surface area (Å²) in [5, 5.41) is 1.73. The highest BCUT2D eigenvalue weighted by atomic mass is 35.5. The highest BCUT2D eigenvalue weighted by molar-refractivity contribution is 6.42. The number of aliphatic imine (C=N–C) groups is 1. The van der Waals surface area contributed by atoms with Gasteiger partial charge in [-0.15, -0.1) is 0 Å². The Morgan fingerprint density at radius 3 is 2.48 bits per heavy atom. The molecule has 6 heteroatoms. The number of hydrogen-bond donors (Lipinski definition) is 1. The molecule has 2 aromatic carbocycles. The first kappa shape index (κ1) is 14.5. The summed E-state index contributed by atoms with van der Waals surface area (Å²) in [6.07, 6.45) is 0. The van der Waals surface area contributed by atoms with Crippen LogP contribution in [-0.4, -0.2) is 12.5 Å². The second-order valence-electron chi connectivity index (χ2n) is 4.70. The lowest BCUT2D eigenvalue weighted by atomic mass is 10.1. The van der Waals surface area contributed by atoms with Crippen molar-refractivity contribution in [3.8, 4) is 0 Å². The molecular formula is C15H12Cl3N3. The molecule has 0 aromatic heterocycles. The van der Waals surface area contributed by atoms with Gasteiger partial charge in [0.1, 0.15) is 0 Å². The molecule has 0 amide bonds. The van der Waals surface area contributed by atoms with Crippen LogP contribution >= 0.6 is 34.8 Å². The maximum Gasteiger partial charge on any atom is 0.196 e. The van der Waals surface area contributed by atoms with E-state index in [-0.39, 0.29) is 6.04 Å². The first-order chi connectivity index (χ1) is 10.1.